The maximum absolute atomic E-state index is 12.1. The van der Waals surface area contributed by atoms with Crippen LogP contribution in [0.25, 0.3) is 0 Å². The SMILES string of the molecule is O=C1CC(c2cc(O)c(O)c(O)c2)Oc2c1ccc(O)c2O. The van der Waals surface area contributed by atoms with Crippen LogP contribution in [0.1, 0.15) is 28.4 Å². The number of hydrogen-bond acceptors (Lipinski definition) is 7. The monoisotopic (exact) mass is 304 g/mol. The molecular formula is C15H12O7. The second-order valence-electron chi connectivity index (χ2n) is 4.95. The second-order valence-corrected chi connectivity index (χ2v) is 4.95. The lowest BCUT2D eigenvalue weighted by molar-refractivity contribution is 0.0840. The highest BCUT2D eigenvalue weighted by Gasteiger charge is 2.31. The molecule has 2 aromatic carbocycles. The van der Waals surface area contributed by atoms with Gasteiger partial charge >= 0.3 is 0 Å². The number of phenolic OH excluding ortho intramolecular Hbond substituents is 5. The van der Waals surface area contributed by atoms with Crippen LogP contribution in [0, 0.1) is 0 Å². The Balaban J connectivity index is 2.05. The summed E-state index contributed by atoms with van der Waals surface area (Å²) in [7, 11) is 0. The molecule has 0 amide bonds. The normalized spacial score (nSPS) is 16.9. The number of ketones is 1. The van der Waals surface area contributed by atoms with Crippen LogP contribution in [-0.2, 0) is 0 Å². The first-order valence-corrected chi connectivity index (χ1v) is 6.38. The van der Waals surface area contributed by atoms with Crippen molar-refractivity contribution in [2.24, 2.45) is 0 Å². The Morgan fingerprint density at radius 2 is 1.55 bits per heavy atom. The molecule has 0 fully saturated rings. The highest BCUT2D eigenvalue weighted by molar-refractivity contribution is 6.01. The molecule has 1 atom stereocenters. The second kappa shape index (κ2) is 4.73. The van der Waals surface area contributed by atoms with Gasteiger partial charge in [-0.3, -0.25) is 4.79 Å². The molecule has 2 aromatic rings. The summed E-state index contributed by atoms with van der Waals surface area (Å²) in [6, 6.07) is 4.83. The largest absolute Gasteiger partial charge is 0.504 e. The summed E-state index contributed by atoms with van der Waals surface area (Å²) >= 11 is 0. The summed E-state index contributed by atoms with van der Waals surface area (Å²) in [5.41, 5.74) is 0.383. The fourth-order valence-corrected chi connectivity index (χ4v) is 2.36. The number of Topliss-reactive ketones (excluding diaryl/α,β-unsaturated/α-hetero) is 1. The number of carbonyl (C=O) groups is 1. The van der Waals surface area contributed by atoms with Crippen molar-refractivity contribution in [3.63, 3.8) is 0 Å². The van der Waals surface area contributed by atoms with Crippen LogP contribution in [0.2, 0.25) is 0 Å². The summed E-state index contributed by atoms with van der Waals surface area (Å²) in [4.78, 5) is 12.1. The number of benzene rings is 2. The van der Waals surface area contributed by atoms with Gasteiger partial charge in [-0.15, -0.1) is 0 Å². The quantitative estimate of drug-likeness (QED) is 0.509. The first kappa shape index (κ1) is 13.9. The Hall–Kier alpha value is -3.09. The number of fused-ring (bicyclic) bond motifs is 1. The summed E-state index contributed by atoms with van der Waals surface area (Å²) in [6.07, 6.45) is -0.967. The van der Waals surface area contributed by atoms with Crippen molar-refractivity contribution < 1.29 is 35.1 Å². The first-order valence-electron chi connectivity index (χ1n) is 6.38. The average Bonchev–Trinajstić information content (AvgIpc) is 2.48. The van der Waals surface area contributed by atoms with E-state index in [9.17, 15) is 30.3 Å². The van der Waals surface area contributed by atoms with Gasteiger partial charge in [0.25, 0.3) is 0 Å². The first-order chi connectivity index (χ1) is 10.4. The number of ether oxygens (including phenoxy) is 1. The van der Waals surface area contributed by atoms with E-state index >= 15 is 0 Å². The third kappa shape index (κ3) is 2.03. The zero-order chi connectivity index (χ0) is 16.0. The van der Waals surface area contributed by atoms with Gasteiger partial charge in [-0.25, -0.2) is 0 Å². The molecule has 7 heteroatoms. The van der Waals surface area contributed by atoms with E-state index in [0.29, 0.717) is 0 Å². The zero-order valence-corrected chi connectivity index (χ0v) is 11.1. The van der Waals surface area contributed by atoms with Crippen molar-refractivity contribution in [2.75, 3.05) is 0 Å². The van der Waals surface area contributed by atoms with Crippen molar-refractivity contribution in [1.82, 2.24) is 0 Å². The highest BCUT2D eigenvalue weighted by Crippen LogP contribution is 2.46. The molecule has 0 spiro atoms. The van der Waals surface area contributed by atoms with Crippen LogP contribution in [0.15, 0.2) is 24.3 Å². The fourth-order valence-electron chi connectivity index (χ4n) is 2.36. The smallest absolute Gasteiger partial charge is 0.201 e. The van der Waals surface area contributed by atoms with E-state index in [4.69, 9.17) is 4.74 Å². The number of aromatic hydroxyl groups is 5. The lowest BCUT2D eigenvalue weighted by Gasteiger charge is -2.26. The molecule has 5 N–H and O–H groups in total. The highest BCUT2D eigenvalue weighted by atomic mass is 16.5. The van der Waals surface area contributed by atoms with E-state index < -0.39 is 34.9 Å². The molecule has 0 saturated carbocycles. The molecule has 1 aliphatic heterocycles. The van der Waals surface area contributed by atoms with Crippen LogP contribution in [0.5, 0.6) is 34.5 Å². The molecule has 7 nitrogen and oxygen atoms in total. The summed E-state index contributed by atoms with van der Waals surface area (Å²) in [5, 5.41) is 47.7. The van der Waals surface area contributed by atoms with Gasteiger partial charge in [-0.05, 0) is 24.3 Å². The number of carbonyl (C=O) groups excluding carboxylic acids is 1. The van der Waals surface area contributed by atoms with E-state index in [1.54, 1.807) is 0 Å². The molecule has 0 bridgehead atoms. The van der Waals surface area contributed by atoms with E-state index in [0.717, 1.165) is 12.1 Å². The summed E-state index contributed by atoms with van der Waals surface area (Å²) in [5.74, 6) is -3.26. The standard InChI is InChI=1S/C15H12O7/c16-8-2-1-7-9(17)5-12(22-15(7)14(8)21)6-3-10(18)13(20)11(19)4-6/h1-4,12,16,18-21H,5H2. The van der Waals surface area contributed by atoms with Gasteiger partial charge in [0.2, 0.25) is 5.75 Å². The van der Waals surface area contributed by atoms with E-state index in [2.05, 4.69) is 0 Å². The van der Waals surface area contributed by atoms with Crippen molar-refractivity contribution in [2.45, 2.75) is 12.5 Å². The predicted molar refractivity (Wildman–Crippen MR) is 73.5 cm³/mol. The minimum Gasteiger partial charge on any atom is -0.504 e. The zero-order valence-electron chi connectivity index (χ0n) is 11.1. The summed E-state index contributed by atoms with van der Waals surface area (Å²) in [6.45, 7) is 0. The maximum atomic E-state index is 12.1. The van der Waals surface area contributed by atoms with Crippen LogP contribution >= 0.6 is 0 Å². The Morgan fingerprint density at radius 3 is 2.18 bits per heavy atom. The molecule has 1 heterocycles. The van der Waals surface area contributed by atoms with Crippen molar-refractivity contribution >= 4 is 5.78 Å². The van der Waals surface area contributed by atoms with E-state index in [-0.39, 0.29) is 29.1 Å². The maximum Gasteiger partial charge on any atom is 0.201 e. The molecule has 0 aromatic heterocycles. The molecule has 0 saturated heterocycles. The van der Waals surface area contributed by atoms with Gasteiger partial charge in [-0.2, -0.15) is 0 Å². The Kier molecular flexibility index (Phi) is 2.98. The summed E-state index contributed by atoms with van der Waals surface area (Å²) < 4.78 is 5.52. The Labute approximate surface area is 124 Å². The van der Waals surface area contributed by atoms with Crippen LogP contribution in [-0.4, -0.2) is 31.3 Å². The lowest BCUT2D eigenvalue weighted by atomic mass is 9.95. The minimum absolute atomic E-state index is 0.0825. The average molecular weight is 304 g/mol. The van der Waals surface area contributed by atoms with Crippen molar-refractivity contribution in [3.8, 4) is 34.5 Å². The lowest BCUT2D eigenvalue weighted by Crippen LogP contribution is -2.20. The molecule has 0 aliphatic carbocycles. The molecule has 0 radical (unpaired) electrons. The van der Waals surface area contributed by atoms with E-state index in [1.807, 2.05) is 0 Å². The third-order valence-electron chi connectivity index (χ3n) is 3.51. The van der Waals surface area contributed by atoms with Gasteiger partial charge < -0.3 is 30.3 Å². The van der Waals surface area contributed by atoms with Gasteiger partial charge in [-0.1, -0.05) is 0 Å². The molecule has 22 heavy (non-hydrogen) atoms. The van der Waals surface area contributed by atoms with Gasteiger partial charge in [0, 0.05) is 5.56 Å². The molecule has 1 aliphatic rings. The fraction of sp³-hybridized carbons (Fsp3) is 0.133. The number of hydrogen-bond donors (Lipinski definition) is 5. The van der Waals surface area contributed by atoms with Gasteiger partial charge in [0.1, 0.15) is 6.10 Å². The van der Waals surface area contributed by atoms with Crippen molar-refractivity contribution in [1.29, 1.82) is 0 Å². The third-order valence-corrected chi connectivity index (χ3v) is 3.51. The molecular weight excluding hydrogens is 292 g/mol. The molecule has 3 rings (SSSR count). The Morgan fingerprint density at radius 1 is 0.909 bits per heavy atom. The number of phenols is 5. The Bertz CT molecular complexity index is 759. The van der Waals surface area contributed by atoms with Crippen molar-refractivity contribution in [3.05, 3.63) is 35.4 Å². The van der Waals surface area contributed by atoms with Gasteiger partial charge in [0.05, 0.1) is 12.0 Å². The van der Waals surface area contributed by atoms with E-state index in [1.165, 1.54) is 12.1 Å². The van der Waals surface area contributed by atoms with Crippen LogP contribution in [0.3, 0.4) is 0 Å². The minimum atomic E-state index is -0.884. The molecule has 1 unspecified atom stereocenters. The number of rotatable bonds is 1. The van der Waals surface area contributed by atoms with Crippen LogP contribution < -0.4 is 4.74 Å². The van der Waals surface area contributed by atoms with Gasteiger partial charge in [0.15, 0.2) is 34.5 Å². The predicted octanol–water partition coefficient (Wildman–Crippen LogP) is 1.92. The topological polar surface area (TPSA) is 127 Å². The van der Waals surface area contributed by atoms with Crippen LogP contribution in [0.4, 0.5) is 0 Å². The molecule has 114 valence electrons.